The SMILES string of the molecule is CC(C)(C)OC(=O)N1CCN(c2ccc(-c3nc(-c4cccnc4)no3)cc2[N+](=O)[O-])CC1. The first kappa shape index (κ1) is 22.2. The highest BCUT2D eigenvalue weighted by Gasteiger charge is 2.29. The highest BCUT2D eigenvalue weighted by atomic mass is 16.6. The second-order valence-corrected chi connectivity index (χ2v) is 8.58. The van der Waals surface area contributed by atoms with E-state index in [1.165, 1.54) is 6.07 Å². The van der Waals surface area contributed by atoms with Crippen molar-refractivity contribution in [1.82, 2.24) is 20.0 Å². The summed E-state index contributed by atoms with van der Waals surface area (Å²) in [6.45, 7) is 7.16. The normalized spacial score (nSPS) is 14.3. The van der Waals surface area contributed by atoms with Gasteiger partial charge < -0.3 is 19.1 Å². The number of amides is 1. The van der Waals surface area contributed by atoms with E-state index in [2.05, 4.69) is 15.1 Å². The molecule has 0 unspecified atom stereocenters. The third-order valence-corrected chi connectivity index (χ3v) is 5.04. The van der Waals surface area contributed by atoms with Gasteiger partial charge in [-0.2, -0.15) is 4.98 Å². The van der Waals surface area contributed by atoms with Crippen LogP contribution in [0, 0.1) is 10.1 Å². The van der Waals surface area contributed by atoms with Gasteiger partial charge in [-0.3, -0.25) is 15.1 Å². The lowest BCUT2D eigenvalue weighted by molar-refractivity contribution is -0.384. The molecular weight excluding hydrogens is 428 g/mol. The van der Waals surface area contributed by atoms with Crippen molar-refractivity contribution in [3.63, 3.8) is 0 Å². The molecule has 0 spiro atoms. The van der Waals surface area contributed by atoms with Crippen molar-refractivity contribution in [1.29, 1.82) is 0 Å². The van der Waals surface area contributed by atoms with E-state index in [-0.39, 0.29) is 17.7 Å². The molecule has 3 aromatic rings. The van der Waals surface area contributed by atoms with Gasteiger partial charge in [0, 0.05) is 55.8 Å². The minimum atomic E-state index is -0.575. The molecule has 11 heteroatoms. The lowest BCUT2D eigenvalue weighted by atomic mass is 10.1. The largest absolute Gasteiger partial charge is 0.444 e. The molecule has 1 fully saturated rings. The number of carbonyl (C=O) groups is 1. The maximum atomic E-state index is 12.3. The number of ether oxygens (including phenoxy) is 1. The van der Waals surface area contributed by atoms with Crippen LogP contribution in [0.4, 0.5) is 16.2 Å². The van der Waals surface area contributed by atoms with Gasteiger partial charge in [-0.25, -0.2) is 4.79 Å². The summed E-state index contributed by atoms with van der Waals surface area (Å²) in [6.07, 6.45) is 2.87. The Balaban J connectivity index is 1.51. The second-order valence-electron chi connectivity index (χ2n) is 8.58. The zero-order valence-electron chi connectivity index (χ0n) is 18.6. The van der Waals surface area contributed by atoms with Crippen molar-refractivity contribution in [3.05, 3.63) is 52.8 Å². The van der Waals surface area contributed by atoms with Crippen molar-refractivity contribution in [2.45, 2.75) is 26.4 Å². The van der Waals surface area contributed by atoms with Crippen molar-refractivity contribution in [2.75, 3.05) is 31.1 Å². The molecule has 33 heavy (non-hydrogen) atoms. The third kappa shape index (κ3) is 5.08. The van der Waals surface area contributed by atoms with Crippen molar-refractivity contribution >= 4 is 17.5 Å². The number of carbonyl (C=O) groups excluding carboxylic acids is 1. The minimum absolute atomic E-state index is 0.0701. The molecule has 0 radical (unpaired) electrons. The molecule has 3 heterocycles. The van der Waals surface area contributed by atoms with Crippen LogP contribution >= 0.6 is 0 Å². The van der Waals surface area contributed by atoms with Gasteiger partial charge in [-0.05, 0) is 45.0 Å². The Morgan fingerprint density at radius 2 is 1.91 bits per heavy atom. The molecular formula is C22H24N6O5. The van der Waals surface area contributed by atoms with Crippen molar-refractivity contribution < 1.29 is 19.0 Å². The number of hydrogen-bond acceptors (Lipinski definition) is 9. The molecule has 2 aromatic heterocycles. The maximum Gasteiger partial charge on any atom is 0.410 e. The zero-order chi connectivity index (χ0) is 23.6. The Bertz CT molecular complexity index is 1150. The van der Waals surface area contributed by atoms with Gasteiger partial charge in [0.05, 0.1) is 4.92 Å². The Morgan fingerprint density at radius 1 is 1.15 bits per heavy atom. The third-order valence-electron chi connectivity index (χ3n) is 5.04. The topological polar surface area (TPSA) is 128 Å². The zero-order valence-corrected chi connectivity index (χ0v) is 18.6. The van der Waals surface area contributed by atoms with E-state index < -0.39 is 10.5 Å². The highest BCUT2D eigenvalue weighted by Crippen LogP contribution is 2.34. The fraction of sp³-hybridized carbons (Fsp3) is 0.364. The fourth-order valence-electron chi connectivity index (χ4n) is 3.48. The summed E-state index contributed by atoms with van der Waals surface area (Å²) in [4.78, 5) is 35.5. The first-order valence-electron chi connectivity index (χ1n) is 10.5. The molecule has 172 valence electrons. The summed E-state index contributed by atoms with van der Waals surface area (Å²) < 4.78 is 10.7. The summed E-state index contributed by atoms with van der Waals surface area (Å²) in [6, 6.07) is 8.36. The van der Waals surface area contributed by atoms with E-state index in [9.17, 15) is 14.9 Å². The molecule has 0 aliphatic carbocycles. The number of pyridine rings is 1. The standard InChI is InChI=1S/C22H24N6O5/c1-22(2,3)32-21(29)27-11-9-26(10-12-27)17-7-6-15(13-18(17)28(30)31)20-24-19(25-33-20)16-5-4-8-23-14-16/h4-8,13-14H,9-12H2,1-3H3. The van der Waals surface area contributed by atoms with E-state index in [1.54, 1.807) is 41.6 Å². The van der Waals surface area contributed by atoms with Gasteiger partial charge >= 0.3 is 6.09 Å². The molecule has 0 atom stereocenters. The molecule has 1 aromatic carbocycles. The van der Waals surface area contributed by atoms with Crippen LogP contribution in [0.5, 0.6) is 0 Å². The smallest absolute Gasteiger partial charge is 0.410 e. The van der Waals surface area contributed by atoms with Crippen LogP contribution in [-0.2, 0) is 4.74 Å². The van der Waals surface area contributed by atoms with Gasteiger partial charge in [-0.1, -0.05) is 5.16 Å². The quantitative estimate of drug-likeness (QED) is 0.429. The van der Waals surface area contributed by atoms with E-state index in [1.807, 2.05) is 25.7 Å². The molecule has 0 saturated carbocycles. The molecule has 1 amide bonds. The lowest BCUT2D eigenvalue weighted by Crippen LogP contribution is -2.50. The van der Waals surface area contributed by atoms with Crippen molar-refractivity contribution in [3.8, 4) is 22.8 Å². The summed E-state index contributed by atoms with van der Waals surface area (Å²) in [5.74, 6) is 0.529. The number of nitro groups is 1. The minimum Gasteiger partial charge on any atom is -0.444 e. The average molecular weight is 452 g/mol. The van der Waals surface area contributed by atoms with Gasteiger partial charge in [0.1, 0.15) is 11.3 Å². The number of hydrogen-bond donors (Lipinski definition) is 0. The van der Waals surface area contributed by atoms with Crippen LogP contribution in [0.25, 0.3) is 22.8 Å². The van der Waals surface area contributed by atoms with E-state index in [0.29, 0.717) is 48.8 Å². The van der Waals surface area contributed by atoms with Crippen LogP contribution in [0.1, 0.15) is 20.8 Å². The predicted octanol–water partition coefficient (Wildman–Crippen LogP) is 3.76. The van der Waals surface area contributed by atoms with Crippen LogP contribution in [0.15, 0.2) is 47.2 Å². The Hall–Kier alpha value is -4.02. The summed E-state index contributed by atoms with van der Waals surface area (Å²) in [5.41, 5.74) is 0.954. The molecule has 1 aliphatic heterocycles. The maximum absolute atomic E-state index is 12.3. The number of rotatable bonds is 4. The average Bonchev–Trinajstić information content (AvgIpc) is 3.29. The Morgan fingerprint density at radius 3 is 2.55 bits per heavy atom. The fourth-order valence-corrected chi connectivity index (χ4v) is 3.48. The highest BCUT2D eigenvalue weighted by molar-refractivity contribution is 5.73. The monoisotopic (exact) mass is 452 g/mol. The van der Waals surface area contributed by atoms with E-state index >= 15 is 0 Å². The molecule has 1 aliphatic rings. The van der Waals surface area contributed by atoms with E-state index in [0.717, 1.165) is 0 Å². The summed E-state index contributed by atoms with van der Waals surface area (Å²) in [5, 5.41) is 15.8. The number of nitro benzene ring substituents is 1. The molecule has 0 bridgehead atoms. The van der Waals surface area contributed by atoms with Gasteiger partial charge in [0.25, 0.3) is 11.6 Å². The Kier molecular flexibility index (Phi) is 5.95. The number of aromatic nitrogens is 3. The molecule has 11 nitrogen and oxygen atoms in total. The van der Waals surface area contributed by atoms with Gasteiger partial charge in [0.15, 0.2) is 0 Å². The molecule has 1 saturated heterocycles. The van der Waals surface area contributed by atoms with Crippen LogP contribution in [0.2, 0.25) is 0 Å². The van der Waals surface area contributed by atoms with E-state index in [4.69, 9.17) is 9.26 Å². The van der Waals surface area contributed by atoms with Gasteiger partial charge in [-0.15, -0.1) is 0 Å². The van der Waals surface area contributed by atoms with Crippen LogP contribution in [0.3, 0.4) is 0 Å². The number of benzene rings is 1. The second kappa shape index (κ2) is 8.85. The first-order chi connectivity index (χ1) is 15.7. The Labute approximate surface area is 190 Å². The number of anilines is 1. The van der Waals surface area contributed by atoms with Gasteiger partial charge in [0.2, 0.25) is 5.82 Å². The lowest BCUT2D eigenvalue weighted by Gasteiger charge is -2.36. The number of nitrogens with zero attached hydrogens (tertiary/aromatic N) is 6. The summed E-state index contributed by atoms with van der Waals surface area (Å²) in [7, 11) is 0. The van der Waals surface area contributed by atoms with Crippen LogP contribution < -0.4 is 4.90 Å². The predicted molar refractivity (Wildman–Crippen MR) is 120 cm³/mol. The van der Waals surface area contributed by atoms with Crippen molar-refractivity contribution in [2.24, 2.45) is 0 Å². The molecule has 4 rings (SSSR count). The first-order valence-corrected chi connectivity index (χ1v) is 10.5. The van der Waals surface area contributed by atoms with Crippen LogP contribution in [-0.4, -0.2) is 62.8 Å². The summed E-state index contributed by atoms with van der Waals surface area (Å²) >= 11 is 0. The molecule has 0 N–H and O–H groups in total. The number of piperazine rings is 1.